The molecule has 0 fully saturated rings. The molecular formula is C13H20N2O2S. The van der Waals surface area contributed by atoms with Gasteiger partial charge in [-0.2, -0.15) is 11.8 Å². The van der Waals surface area contributed by atoms with Gasteiger partial charge in [-0.05, 0) is 11.8 Å². The Labute approximate surface area is 112 Å². The smallest absolute Gasteiger partial charge is 0.315 e. The Morgan fingerprint density at radius 3 is 2.61 bits per heavy atom. The van der Waals surface area contributed by atoms with Crippen molar-refractivity contribution in [2.45, 2.75) is 18.2 Å². The highest BCUT2D eigenvalue weighted by Gasteiger charge is 2.13. The first-order valence-electron chi connectivity index (χ1n) is 5.90. The summed E-state index contributed by atoms with van der Waals surface area (Å²) in [4.78, 5) is 11.7. The van der Waals surface area contributed by atoms with E-state index in [-0.39, 0.29) is 18.7 Å². The number of nitrogens with one attached hydrogen (secondary N) is 2. The summed E-state index contributed by atoms with van der Waals surface area (Å²) >= 11 is 1.70. The van der Waals surface area contributed by atoms with Crippen LogP contribution in [0.25, 0.3) is 0 Å². The highest BCUT2D eigenvalue weighted by molar-refractivity contribution is 7.99. The fraction of sp³-hybridized carbons (Fsp3) is 0.462. The molecule has 0 saturated heterocycles. The Morgan fingerprint density at radius 2 is 2.06 bits per heavy atom. The normalized spacial score (nSPS) is 13.7. The molecule has 0 aliphatic heterocycles. The number of hydrogen-bond acceptors (Lipinski definition) is 3. The van der Waals surface area contributed by atoms with Gasteiger partial charge in [0.25, 0.3) is 0 Å². The highest BCUT2D eigenvalue weighted by atomic mass is 32.2. The van der Waals surface area contributed by atoms with Crippen molar-refractivity contribution in [3.8, 4) is 0 Å². The molecule has 0 aliphatic rings. The van der Waals surface area contributed by atoms with E-state index in [1.54, 1.807) is 11.8 Å². The van der Waals surface area contributed by atoms with E-state index in [1.807, 2.05) is 43.5 Å². The molecule has 1 aromatic carbocycles. The van der Waals surface area contributed by atoms with Crippen LogP contribution in [0, 0.1) is 0 Å². The number of benzene rings is 1. The molecule has 18 heavy (non-hydrogen) atoms. The third kappa shape index (κ3) is 4.98. The van der Waals surface area contributed by atoms with Crippen molar-refractivity contribution in [3.63, 3.8) is 0 Å². The topological polar surface area (TPSA) is 61.4 Å². The molecule has 1 aromatic rings. The SMILES string of the molecule is CSC(C)CNC(=O)NC(CO)c1ccccc1. The number of carbonyl (C=O) groups excluding carboxylic acids is 1. The van der Waals surface area contributed by atoms with Gasteiger partial charge in [0.05, 0.1) is 12.6 Å². The van der Waals surface area contributed by atoms with Crippen LogP contribution in [0.1, 0.15) is 18.5 Å². The van der Waals surface area contributed by atoms with Gasteiger partial charge in [-0.15, -0.1) is 0 Å². The molecule has 0 radical (unpaired) electrons. The predicted molar refractivity (Wildman–Crippen MR) is 75.8 cm³/mol. The summed E-state index contributed by atoms with van der Waals surface area (Å²) in [5.74, 6) is 0. The van der Waals surface area contributed by atoms with Crippen LogP contribution in [-0.4, -0.2) is 35.8 Å². The number of aliphatic hydroxyl groups excluding tert-OH is 1. The number of rotatable bonds is 6. The first-order chi connectivity index (χ1) is 8.67. The second-order valence-corrected chi connectivity index (χ2v) is 5.32. The Bertz CT molecular complexity index is 359. The van der Waals surface area contributed by atoms with Crippen LogP contribution in [-0.2, 0) is 0 Å². The maximum Gasteiger partial charge on any atom is 0.315 e. The minimum atomic E-state index is -0.365. The first kappa shape index (κ1) is 14.9. The van der Waals surface area contributed by atoms with E-state index in [9.17, 15) is 9.90 Å². The highest BCUT2D eigenvalue weighted by Crippen LogP contribution is 2.11. The van der Waals surface area contributed by atoms with Gasteiger partial charge in [-0.3, -0.25) is 0 Å². The number of amides is 2. The molecule has 0 aliphatic carbocycles. The van der Waals surface area contributed by atoms with E-state index in [2.05, 4.69) is 10.6 Å². The molecular weight excluding hydrogens is 248 g/mol. The van der Waals surface area contributed by atoms with Crippen LogP contribution in [0.4, 0.5) is 4.79 Å². The molecule has 5 heteroatoms. The largest absolute Gasteiger partial charge is 0.394 e. The lowest BCUT2D eigenvalue weighted by atomic mass is 10.1. The summed E-state index contributed by atoms with van der Waals surface area (Å²) in [5, 5.41) is 15.2. The van der Waals surface area contributed by atoms with Gasteiger partial charge in [0.2, 0.25) is 0 Å². The average Bonchev–Trinajstić information content (AvgIpc) is 2.43. The van der Waals surface area contributed by atoms with Gasteiger partial charge >= 0.3 is 6.03 Å². The lowest BCUT2D eigenvalue weighted by Gasteiger charge is -2.18. The van der Waals surface area contributed by atoms with Crippen molar-refractivity contribution in [3.05, 3.63) is 35.9 Å². The van der Waals surface area contributed by atoms with E-state index >= 15 is 0 Å². The molecule has 0 saturated carbocycles. The quantitative estimate of drug-likeness (QED) is 0.737. The van der Waals surface area contributed by atoms with Gasteiger partial charge in [0, 0.05) is 11.8 Å². The summed E-state index contributed by atoms with van der Waals surface area (Å²) in [7, 11) is 0. The number of hydrogen-bond donors (Lipinski definition) is 3. The Hall–Kier alpha value is -1.20. The zero-order valence-corrected chi connectivity index (χ0v) is 11.5. The Morgan fingerprint density at radius 1 is 1.39 bits per heavy atom. The van der Waals surface area contributed by atoms with Gasteiger partial charge in [0.1, 0.15) is 0 Å². The second kappa shape index (κ2) is 8.00. The molecule has 1 rings (SSSR count). The summed E-state index contributed by atoms with van der Waals surface area (Å²) in [6, 6.07) is 8.81. The molecule has 2 atom stereocenters. The molecule has 0 heterocycles. The lowest BCUT2D eigenvalue weighted by molar-refractivity contribution is 0.217. The molecule has 0 bridgehead atoms. The number of aliphatic hydroxyl groups is 1. The van der Waals surface area contributed by atoms with Crippen molar-refractivity contribution in [1.82, 2.24) is 10.6 Å². The van der Waals surface area contributed by atoms with Gasteiger partial charge < -0.3 is 15.7 Å². The zero-order chi connectivity index (χ0) is 13.4. The third-order valence-corrected chi connectivity index (χ3v) is 3.61. The van der Waals surface area contributed by atoms with Gasteiger partial charge in [-0.1, -0.05) is 37.3 Å². The molecule has 100 valence electrons. The minimum Gasteiger partial charge on any atom is -0.394 e. The van der Waals surface area contributed by atoms with E-state index in [0.717, 1.165) is 5.56 Å². The monoisotopic (exact) mass is 268 g/mol. The maximum atomic E-state index is 11.7. The molecule has 0 aromatic heterocycles. The predicted octanol–water partition coefficient (Wildman–Crippen LogP) is 1.77. The molecule has 3 N–H and O–H groups in total. The fourth-order valence-corrected chi connectivity index (χ4v) is 1.70. The molecule has 4 nitrogen and oxygen atoms in total. The van der Waals surface area contributed by atoms with Gasteiger partial charge in [0.15, 0.2) is 0 Å². The number of carbonyl (C=O) groups is 1. The number of urea groups is 1. The maximum absolute atomic E-state index is 11.7. The average molecular weight is 268 g/mol. The van der Waals surface area contributed by atoms with Crippen molar-refractivity contribution in [2.75, 3.05) is 19.4 Å². The first-order valence-corrected chi connectivity index (χ1v) is 7.19. The summed E-state index contributed by atoms with van der Waals surface area (Å²) in [6.07, 6.45) is 2.00. The van der Waals surface area contributed by atoms with Crippen molar-refractivity contribution in [2.24, 2.45) is 0 Å². The van der Waals surface area contributed by atoms with Crippen LogP contribution >= 0.6 is 11.8 Å². The Kier molecular flexibility index (Phi) is 6.60. The summed E-state index contributed by atoms with van der Waals surface area (Å²) in [6.45, 7) is 2.54. The fourth-order valence-electron chi connectivity index (χ4n) is 1.45. The van der Waals surface area contributed by atoms with E-state index in [0.29, 0.717) is 11.8 Å². The van der Waals surface area contributed by atoms with Crippen LogP contribution in [0.5, 0.6) is 0 Å². The summed E-state index contributed by atoms with van der Waals surface area (Å²) < 4.78 is 0. The van der Waals surface area contributed by atoms with Gasteiger partial charge in [-0.25, -0.2) is 4.79 Å². The van der Waals surface area contributed by atoms with Crippen LogP contribution in [0.2, 0.25) is 0 Å². The van der Waals surface area contributed by atoms with Crippen LogP contribution in [0.3, 0.4) is 0 Å². The molecule has 2 unspecified atom stereocenters. The van der Waals surface area contributed by atoms with E-state index < -0.39 is 0 Å². The van der Waals surface area contributed by atoms with E-state index in [4.69, 9.17) is 0 Å². The third-order valence-electron chi connectivity index (χ3n) is 2.64. The van der Waals surface area contributed by atoms with E-state index in [1.165, 1.54) is 0 Å². The van der Waals surface area contributed by atoms with Crippen molar-refractivity contribution < 1.29 is 9.90 Å². The lowest BCUT2D eigenvalue weighted by Crippen LogP contribution is -2.41. The zero-order valence-electron chi connectivity index (χ0n) is 10.7. The Balaban J connectivity index is 2.46. The molecule has 2 amide bonds. The second-order valence-electron chi connectivity index (χ2n) is 4.05. The number of thioether (sulfide) groups is 1. The molecule has 0 spiro atoms. The minimum absolute atomic E-state index is 0.116. The van der Waals surface area contributed by atoms with Crippen LogP contribution < -0.4 is 10.6 Å². The standard InChI is InChI=1S/C13H20N2O2S/c1-10(18-2)8-14-13(17)15-12(9-16)11-6-4-3-5-7-11/h3-7,10,12,16H,8-9H2,1-2H3,(H2,14,15,17). The van der Waals surface area contributed by atoms with Crippen LogP contribution in [0.15, 0.2) is 30.3 Å². The van der Waals surface area contributed by atoms with Crippen molar-refractivity contribution >= 4 is 17.8 Å². The summed E-state index contributed by atoms with van der Waals surface area (Å²) in [5.41, 5.74) is 0.896. The van der Waals surface area contributed by atoms with Crippen molar-refractivity contribution in [1.29, 1.82) is 0 Å².